The molecule has 1 aromatic carbocycles. The molecule has 7 heteroatoms. The number of carbonyl (C=O) groups is 1. The van der Waals surface area contributed by atoms with Crippen LogP contribution in [0.1, 0.15) is 36.8 Å². The zero-order valence-corrected chi connectivity index (χ0v) is 16.4. The molecule has 1 saturated heterocycles. The van der Waals surface area contributed by atoms with Crippen molar-refractivity contribution >= 4 is 21.6 Å². The van der Waals surface area contributed by atoms with E-state index >= 15 is 0 Å². The molecule has 1 aliphatic rings. The highest BCUT2D eigenvalue weighted by molar-refractivity contribution is 7.89. The molecule has 1 amide bonds. The van der Waals surface area contributed by atoms with Crippen molar-refractivity contribution < 1.29 is 13.2 Å². The maximum atomic E-state index is 12.4. The number of hydrogen-bond acceptors (Lipinski definition) is 4. The van der Waals surface area contributed by atoms with E-state index in [-0.39, 0.29) is 10.8 Å². The highest BCUT2D eigenvalue weighted by Gasteiger charge is 2.20. The van der Waals surface area contributed by atoms with Gasteiger partial charge in [-0.25, -0.2) is 12.7 Å². The monoisotopic (exact) mass is 367 g/mol. The summed E-state index contributed by atoms with van der Waals surface area (Å²) < 4.78 is 25.9. The van der Waals surface area contributed by atoms with E-state index in [9.17, 15) is 13.2 Å². The minimum atomic E-state index is -3.53. The van der Waals surface area contributed by atoms with Crippen LogP contribution in [0.3, 0.4) is 0 Å². The SMILES string of the molecule is Cc1cc(S(=O)(=O)N(C)C)cc(NC(=O)CCC2CCNCC2)c1C. The van der Waals surface area contributed by atoms with Gasteiger partial charge in [-0.2, -0.15) is 0 Å². The average molecular weight is 368 g/mol. The van der Waals surface area contributed by atoms with Crippen LogP contribution in [-0.2, 0) is 14.8 Å². The molecule has 1 fully saturated rings. The van der Waals surface area contributed by atoms with E-state index in [1.165, 1.54) is 18.4 Å². The number of piperidine rings is 1. The Morgan fingerprint density at radius 2 is 1.88 bits per heavy atom. The third-order valence-electron chi connectivity index (χ3n) is 4.93. The Balaban J connectivity index is 2.10. The number of nitrogens with one attached hydrogen (secondary N) is 2. The van der Waals surface area contributed by atoms with Crippen LogP contribution < -0.4 is 10.6 Å². The number of aryl methyl sites for hydroxylation is 1. The first-order valence-corrected chi connectivity index (χ1v) is 10.2. The van der Waals surface area contributed by atoms with Crippen LogP contribution in [0.25, 0.3) is 0 Å². The van der Waals surface area contributed by atoms with Crippen molar-refractivity contribution in [2.45, 2.75) is 44.4 Å². The van der Waals surface area contributed by atoms with Gasteiger partial charge in [0, 0.05) is 26.2 Å². The molecule has 2 N–H and O–H groups in total. The summed E-state index contributed by atoms with van der Waals surface area (Å²) in [6.07, 6.45) is 3.57. The Labute approximate surface area is 151 Å². The third kappa shape index (κ3) is 5.03. The highest BCUT2D eigenvalue weighted by atomic mass is 32.2. The van der Waals surface area contributed by atoms with Gasteiger partial charge in [-0.1, -0.05) is 0 Å². The van der Waals surface area contributed by atoms with Crippen molar-refractivity contribution in [1.82, 2.24) is 9.62 Å². The number of sulfonamides is 1. The highest BCUT2D eigenvalue weighted by Crippen LogP contribution is 2.26. The molecule has 0 aliphatic carbocycles. The molecule has 0 atom stereocenters. The summed E-state index contributed by atoms with van der Waals surface area (Å²) in [5.41, 5.74) is 2.32. The van der Waals surface area contributed by atoms with Crippen molar-refractivity contribution in [2.75, 3.05) is 32.5 Å². The summed E-state index contributed by atoms with van der Waals surface area (Å²) in [7, 11) is -0.525. The molecule has 25 heavy (non-hydrogen) atoms. The minimum Gasteiger partial charge on any atom is -0.326 e. The first kappa shape index (κ1) is 19.9. The van der Waals surface area contributed by atoms with Crippen molar-refractivity contribution in [3.8, 4) is 0 Å². The van der Waals surface area contributed by atoms with E-state index < -0.39 is 10.0 Å². The molecule has 1 aliphatic heterocycles. The van der Waals surface area contributed by atoms with Gasteiger partial charge in [-0.15, -0.1) is 0 Å². The van der Waals surface area contributed by atoms with Crippen molar-refractivity contribution in [3.63, 3.8) is 0 Å². The summed E-state index contributed by atoms with van der Waals surface area (Å²) >= 11 is 0. The van der Waals surface area contributed by atoms with Gasteiger partial charge in [0.2, 0.25) is 15.9 Å². The number of amides is 1. The number of nitrogens with zero attached hydrogens (tertiary/aromatic N) is 1. The van der Waals surface area contributed by atoms with Crippen LogP contribution in [0.4, 0.5) is 5.69 Å². The molecular weight excluding hydrogens is 338 g/mol. The third-order valence-corrected chi connectivity index (χ3v) is 6.72. The molecule has 6 nitrogen and oxygen atoms in total. The molecule has 2 rings (SSSR count). The number of anilines is 1. The Morgan fingerprint density at radius 1 is 1.24 bits per heavy atom. The summed E-state index contributed by atoms with van der Waals surface area (Å²) in [6.45, 7) is 5.79. The van der Waals surface area contributed by atoms with Crippen molar-refractivity contribution in [1.29, 1.82) is 0 Å². The smallest absolute Gasteiger partial charge is 0.242 e. The second-order valence-electron chi connectivity index (χ2n) is 6.98. The van der Waals surface area contributed by atoms with Crippen LogP contribution in [0, 0.1) is 19.8 Å². The largest absolute Gasteiger partial charge is 0.326 e. The van der Waals surface area contributed by atoms with Gasteiger partial charge in [0.1, 0.15) is 0 Å². The lowest BCUT2D eigenvalue weighted by Gasteiger charge is -2.22. The maximum Gasteiger partial charge on any atom is 0.242 e. The van der Waals surface area contributed by atoms with Gasteiger partial charge in [-0.05, 0) is 75.4 Å². The Hall–Kier alpha value is -1.44. The van der Waals surface area contributed by atoms with Crippen LogP contribution in [0.2, 0.25) is 0 Å². The molecule has 0 saturated carbocycles. The predicted molar refractivity (Wildman–Crippen MR) is 100 cm³/mol. The zero-order valence-electron chi connectivity index (χ0n) is 15.6. The predicted octanol–water partition coefficient (Wildman–Crippen LogP) is 2.27. The Kier molecular flexibility index (Phi) is 6.59. The van der Waals surface area contributed by atoms with Crippen LogP contribution in [-0.4, -0.2) is 45.8 Å². The molecule has 0 spiro atoms. The first-order valence-electron chi connectivity index (χ1n) is 8.76. The summed E-state index contributed by atoms with van der Waals surface area (Å²) in [5, 5.41) is 6.23. The van der Waals surface area contributed by atoms with E-state index in [1.54, 1.807) is 12.1 Å². The molecular formula is C18H29N3O3S. The topological polar surface area (TPSA) is 78.5 Å². The number of hydrogen-bond donors (Lipinski definition) is 2. The van der Waals surface area contributed by atoms with E-state index in [1.807, 2.05) is 13.8 Å². The van der Waals surface area contributed by atoms with E-state index in [4.69, 9.17) is 0 Å². The quantitative estimate of drug-likeness (QED) is 0.808. The van der Waals surface area contributed by atoms with Crippen molar-refractivity contribution in [2.24, 2.45) is 5.92 Å². The molecule has 0 bridgehead atoms. The molecule has 0 unspecified atom stereocenters. The minimum absolute atomic E-state index is 0.0552. The van der Waals surface area contributed by atoms with E-state index in [0.717, 1.165) is 43.5 Å². The Morgan fingerprint density at radius 3 is 2.48 bits per heavy atom. The van der Waals surface area contributed by atoms with Crippen LogP contribution in [0.5, 0.6) is 0 Å². The molecule has 0 aromatic heterocycles. The Bertz CT molecular complexity index is 723. The lowest BCUT2D eigenvalue weighted by molar-refractivity contribution is -0.116. The van der Waals surface area contributed by atoms with Gasteiger partial charge in [-0.3, -0.25) is 4.79 Å². The summed E-state index contributed by atoms with van der Waals surface area (Å²) in [5.74, 6) is 0.538. The number of carbonyl (C=O) groups excluding carboxylic acids is 1. The van der Waals surface area contributed by atoms with Crippen LogP contribution in [0.15, 0.2) is 17.0 Å². The second kappa shape index (κ2) is 8.29. The van der Waals surface area contributed by atoms with E-state index in [0.29, 0.717) is 18.0 Å². The number of rotatable bonds is 6. The number of benzene rings is 1. The molecule has 0 radical (unpaired) electrons. The van der Waals surface area contributed by atoms with Gasteiger partial charge < -0.3 is 10.6 Å². The molecule has 1 aromatic rings. The zero-order chi connectivity index (χ0) is 18.6. The van der Waals surface area contributed by atoms with Gasteiger partial charge in [0.15, 0.2) is 0 Å². The normalized spacial score (nSPS) is 16.2. The lowest BCUT2D eigenvalue weighted by atomic mass is 9.93. The van der Waals surface area contributed by atoms with Gasteiger partial charge >= 0.3 is 0 Å². The van der Waals surface area contributed by atoms with Crippen LogP contribution >= 0.6 is 0 Å². The summed E-state index contributed by atoms with van der Waals surface area (Å²) in [6, 6.07) is 3.20. The fourth-order valence-corrected chi connectivity index (χ4v) is 4.05. The standard InChI is InChI=1S/C18H29N3O3S/c1-13-11-16(25(23,24)21(3)4)12-17(14(13)2)20-18(22)6-5-15-7-9-19-10-8-15/h11-12,15,19H,5-10H2,1-4H3,(H,20,22). The maximum absolute atomic E-state index is 12.4. The molecule has 1 heterocycles. The first-order chi connectivity index (χ1) is 11.7. The fourth-order valence-electron chi connectivity index (χ4n) is 3.03. The second-order valence-corrected chi connectivity index (χ2v) is 9.13. The average Bonchev–Trinajstić information content (AvgIpc) is 2.57. The van der Waals surface area contributed by atoms with Crippen molar-refractivity contribution in [3.05, 3.63) is 23.3 Å². The fraction of sp³-hybridized carbons (Fsp3) is 0.611. The van der Waals surface area contributed by atoms with E-state index in [2.05, 4.69) is 10.6 Å². The summed E-state index contributed by atoms with van der Waals surface area (Å²) in [4.78, 5) is 12.5. The molecule has 140 valence electrons. The van der Waals surface area contributed by atoms with Gasteiger partial charge in [0.05, 0.1) is 4.90 Å². The van der Waals surface area contributed by atoms with Gasteiger partial charge in [0.25, 0.3) is 0 Å². The lowest BCUT2D eigenvalue weighted by Crippen LogP contribution is -2.28.